The smallest absolute Gasteiger partial charge is 0.262 e. The van der Waals surface area contributed by atoms with E-state index in [-0.39, 0.29) is 6.54 Å². The molecule has 172 valence electrons. The molecule has 1 N–H and O–H groups in total. The van der Waals surface area contributed by atoms with Gasteiger partial charge in [-0.25, -0.2) is 9.97 Å². The van der Waals surface area contributed by atoms with Gasteiger partial charge in [0.1, 0.15) is 24.5 Å². The lowest BCUT2D eigenvalue weighted by Gasteiger charge is -2.35. The number of hydrogen-bond acceptors (Lipinski definition) is 7. The monoisotopic (exact) mass is 456 g/mol. The van der Waals surface area contributed by atoms with Crippen molar-refractivity contribution in [2.45, 2.75) is 6.54 Å². The second kappa shape index (κ2) is 9.40. The van der Waals surface area contributed by atoms with E-state index in [1.165, 1.54) is 11.9 Å². The predicted molar refractivity (Wildman–Crippen MR) is 126 cm³/mol. The van der Waals surface area contributed by atoms with Gasteiger partial charge in [-0.2, -0.15) is 0 Å². The average Bonchev–Trinajstić information content (AvgIpc) is 3.10. The Hall–Kier alpha value is -4.11. The van der Waals surface area contributed by atoms with Gasteiger partial charge in [0.25, 0.3) is 11.8 Å². The average molecular weight is 457 g/mol. The number of hydrogen-bond donors (Lipinski definition) is 1. The normalized spacial score (nSPS) is 16.0. The van der Waals surface area contributed by atoms with Crippen LogP contribution in [0.1, 0.15) is 26.3 Å². The number of fused-ring (bicyclic) bond motifs is 1. The Morgan fingerprint density at radius 3 is 2.18 bits per heavy atom. The van der Waals surface area contributed by atoms with Crippen molar-refractivity contribution in [3.8, 4) is 0 Å². The van der Waals surface area contributed by atoms with Crippen LogP contribution in [0.5, 0.6) is 0 Å². The first-order chi connectivity index (χ1) is 16.6. The summed E-state index contributed by atoms with van der Waals surface area (Å²) < 4.78 is 0. The summed E-state index contributed by atoms with van der Waals surface area (Å²) in [6.07, 6.45) is 1.41. The molecule has 0 atom stereocenters. The second-order valence-electron chi connectivity index (χ2n) is 8.30. The molecule has 0 aliphatic carbocycles. The Bertz CT molecular complexity index is 1190. The standard InChI is InChI=1S/C25H24N6O3/c32-23(16-31-24(33)19-8-4-5-9-20(19)25(31)34)28-21-14-22(27-17-26-21)30-12-10-29(11-13-30)15-18-6-2-1-3-7-18/h1-9,14,17H,10-13,15-16H2,(H,26,27,28,32). The Morgan fingerprint density at radius 1 is 0.853 bits per heavy atom. The number of imide groups is 1. The molecular formula is C25H24N6O3. The quantitative estimate of drug-likeness (QED) is 0.567. The molecule has 34 heavy (non-hydrogen) atoms. The van der Waals surface area contributed by atoms with Gasteiger partial charge in [-0.15, -0.1) is 0 Å². The highest BCUT2D eigenvalue weighted by molar-refractivity contribution is 6.22. The van der Waals surface area contributed by atoms with Crippen molar-refractivity contribution in [1.82, 2.24) is 19.8 Å². The summed E-state index contributed by atoms with van der Waals surface area (Å²) in [4.78, 5) is 51.5. The van der Waals surface area contributed by atoms with Crippen LogP contribution in [0.3, 0.4) is 0 Å². The summed E-state index contributed by atoms with van der Waals surface area (Å²) >= 11 is 0. The molecule has 5 rings (SSSR count). The van der Waals surface area contributed by atoms with Gasteiger partial charge in [-0.3, -0.25) is 24.2 Å². The highest BCUT2D eigenvalue weighted by Gasteiger charge is 2.36. The Balaban J connectivity index is 1.17. The molecule has 3 amide bonds. The van der Waals surface area contributed by atoms with Crippen molar-refractivity contribution in [2.75, 3.05) is 42.9 Å². The topological polar surface area (TPSA) is 98.7 Å². The van der Waals surface area contributed by atoms with E-state index in [2.05, 4.69) is 49.4 Å². The fourth-order valence-corrected chi connectivity index (χ4v) is 4.27. The number of benzene rings is 2. The van der Waals surface area contributed by atoms with E-state index in [1.54, 1.807) is 30.3 Å². The van der Waals surface area contributed by atoms with Crippen molar-refractivity contribution in [1.29, 1.82) is 0 Å². The van der Waals surface area contributed by atoms with E-state index < -0.39 is 17.7 Å². The Kier molecular flexibility index (Phi) is 6.01. The van der Waals surface area contributed by atoms with Crippen LogP contribution < -0.4 is 10.2 Å². The van der Waals surface area contributed by atoms with Crippen LogP contribution in [-0.2, 0) is 11.3 Å². The zero-order chi connectivity index (χ0) is 23.5. The number of nitrogens with one attached hydrogen (secondary N) is 1. The predicted octanol–water partition coefficient (Wildman–Crippen LogP) is 2.03. The SMILES string of the molecule is O=C(CN1C(=O)c2ccccc2C1=O)Nc1cc(N2CCN(Cc3ccccc3)CC2)ncn1. The van der Waals surface area contributed by atoms with Crippen molar-refractivity contribution < 1.29 is 14.4 Å². The number of carbonyl (C=O) groups excluding carboxylic acids is 3. The molecule has 0 saturated carbocycles. The lowest BCUT2D eigenvalue weighted by molar-refractivity contribution is -0.116. The second-order valence-corrected chi connectivity index (χ2v) is 8.30. The van der Waals surface area contributed by atoms with Gasteiger partial charge in [-0.1, -0.05) is 42.5 Å². The molecule has 2 aliphatic rings. The number of anilines is 2. The molecule has 0 spiro atoms. The summed E-state index contributed by atoms with van der Waals surface area (Å²) in [5.41, 5.74) is 1.92. The summed E-state index contributed by atoms with van der Waals surface area (Å²) in [5, 5.41) is 2.68. The van der Waals surface area contributed by atoms with Crippen LogP contribution in [0.15, 0.2) is 67.0 Å². The van der Waals surface area contributed by atoms with Crippen LogP contribution >= 0.6 is 0 Å². The van der Waals surface area contributed by atoms with Crippen LogP contribution in [0.2, 0.25) is 0 Å². The minimum atomic E-state index is -0.494. The fraction of sp³-hybridized carbons (Fsp3) is 0.240. The number of rotatable bonds is 6. The van der Waals surface area contributed by atoms with Gasteiger partial charge in [0.2, 0.25) is 5.91 Å². The van der Waals surface area contributed by atoms with Crippen LogP contribution in [-0.4, -0.2) is 70.2 Å². The summed E-state index contributed by atoms with van der Waals surface area (Å²) in [6.45, 7) is 3.97. The van der Waals surface area contributed by atoms with Gasteiger partial charge in [-0.05, 0) is 17.7 Å². The van der Waals surface area contributed by atoms with Gasteiger partial charge in [0, 0.05) is 38.8 Å². The zero-order valence-corrected chi connectivity index (χ0v) is 18.6. The maximum absolute atomic E-state index is 12.6. The highest BCUT2D eigenvalue weighted by atomic mass is 16.2. The molecule has 1 fully saturated rings. The molecule has 1 saturated heterocycles. The molecule has 2 aromatic carbocycles. The number of piperazine rings is 1. The van der Waals surface area contributed by atoms with Crippen LogP contribution in [0.25, 0.3) is 0 Å². The molecule has 0 radical (unpaired) electrons. The number of amides is 3. The summed E-state index contributed by atoms with van der Waals surface area (Å²) in [5.74, 6) is -0.365. The van der Waals surface area contributed by atoms with E-state index in [1.807, 2.05) is 6.07 Å². The highest BCUT2D eigenvalue weighted by Crippen LogP contribution is 2.22. The first-order valence-corrected chi connectivity index (χ1v) is 11.2. The van der Waals surface area contributed by atoms with Crippen molar-refractivity contribution >= 4 is 29.4 Å². The maximum Gasteiger partial charge on any atom is 0.262 e. The molecule has 0 unspecified atom stereocenters. The molecular weight excluding hydrogens is 432 g/mol. The van der Waals surface area contributed by atoms with E-state index in [9.17, 15) is 14.4 Å². The van der Waals surface area contributed by atoms with E-state index >= 15 is 0 Å². The van der Waals surface area contributed by atoms with Crippen molar-refractivity contribution in [2.24, 2.45) is 0 Å². The van der Waals surface area contributed by atoms with E-state index in [4.69, 9.17) is 0 Å². The van der Waals surface area contributed by atoms with Gasteiger partial charge in [0.15, 0.2) is 0 Å². The van der Waals surface area contributed by atoms with E-state index in [0.717, 1.165) is 43.4 Å². The molecule has 9 nitrogen and oxygen atoms in total. The number of nitrogens with zero attached hydrogens (tertiary/aromatic N) is 5. The molecule has 3 heterocycles. The molecule has 0 bridgehead atoms. The largest absolute Gasteiger partial charge is 0.354 e. The van der Waals surface area contributed by atoms with Crippen molar-refractivity contribution in [3.05, 3.63) is 83.7 Å². The Labute approximate surface area is 197 Å². The van der Waals surface area contributed by atoms with Crippen LogP contribution in [0, 0.1) is 0 Å². The lowest BCUT2D eigenvalue weighted by atomic mass is 10.1. The van der Waals surface area contributed by atoms with Crippen LogP contribution in [0.4, 0.5) is 11.6 Å². The molecule has 9 heteroatoms. The molecule has 2 aliphatic heterocycles. The van der Waals surface area contributed by atoms with Gasteiger partial charge < -0.3 is 10.2 Å². The van der Waals surface area contributed by atoms with E-state index in [0.29, 0.717) is 16.9 Å². The van der Waals surface area contributed by atoms with Gasteiger partial charge >= 0.3 is 0 Å². The summed E-state index contributed by atoms with van der Waals surface area (Å²) in [7, 11) is 0. The molecule has 1 aromatic heterocycles. The maximum atomic E-state index is 12.6. The third-order valence-corrected chi connectivity index (χ3v) is 6.05. The third-order valence-electron chi connectivity index (χ3n) is 6.05. The first kappa shape index (κ1) is 21.7. The zero-order valence-electron chi connectivity index (χ0n) is 18.6. The Morgan fingerprint density at radius 2 is 1.50 bits per heavy atom. The first-order valence-electron chi connectivity index (χ1n) is 11.2. The fourth-order valence-electron chi connectivity index (χ4n) is 4.27. The lowest BCUT2D eigenvalue weighted by Crippen LogP contribution is -2.46. The minimum absolute atomic E-state index is 0.316. The third kappa shape index (κ3) is 4.51. The number of carbonyl (C=O) groups is 3. The minimum Gasteiger partial charge on any atom is -0.354 e. The molecule has 3 aromatic rings. The van der Waals surface area contributed by atoms with Gasteiger partial charge in [0.05, 0.1) is 11.1 Å². The van der Waals surface area contributed by atoms with Crippen molar-refractivity contribution in [3.63, 3.8) is 0 Å². The number of aromatic nitrogens is 2. The summed E-state index contributed by atoms with van der Waals surface area (Å²) in [6, 6.07) is 18.7.